The molecule has 7 heteroatoms. The fourth-order valence-corrected chi connectivity index (χ4v) is 4.66. The number of aryl methyl sites for hydroxylation is 1. The van der Waals surface area contributed by atoms with Gasteiger partial charge in [-0.05, 0) is 59.9 Å². The van der Waals surface area contributed by atoms with E-state index in [0.29, 0.717) is 22.3 Å². The zero-order valence-corrected chi connectivity index (χ0v) is 19.9. The number of carbonyl (C=O) groups is 2. The van der Waals surface area contributed by atoms with E-state index in [2.05, 4.69) is 17.2 Å². The molecule has 1 heterocycles. The lowest BCUT2D eigenvalue weighted by Crippen LogP contribution is -2.18. The van der Waals surface area contributed by atoms with E-state index in [9.17, 15) is 14.7 Å². The molecule has 0 aliphatic heterocycles. The fraction of sp³-hybridized carbons (Fsp3) is 0.179. The first kappa shape index (κ1) is 23.8. The third kappa shape index (κ3) is 4.40. The van der Waals surface area contributed by atoms with Crippen LogP contribution < -0.4 is 11.1 Å². The van der Waals surface area contributed by atoms with Crippen LogP contribution in [0.1, 0.15) is 62.2 Å². The van der Waals surface area contributed by atoms with Crippen molar-refractivity contribution in [3.05, 3.63) is 94.2 Å². The normalized spacial score (nSPS) is 11.9. The Morgan fingerprint density at radius 1 is 1.03 bits per heavy atom. The molecule has 35 heavy (non-hydrogen) atoms. The molecule has 0 saturated carbocycles. The Labute approximate surface area is 203 Å². The molecular weight excluding hydrogens is 440 g/mol. The maximum atomic E-state index is 12.5. The summed E-state index contributed by atoms with van der Waals surface area (Å²) >= 11 is 0. The molecule has 6 N–H and O–H groups in total. The van der Waals surface area contributed by atoms with Crippen LogP contribution in [0.3, 0.4) is 0 Å². The van der Waals surface area contributed by atoms with Crippen molar-refractivity contribution in [3.8, 4) is 11.1 Å². The predicted octanol–water partition coefficient (Wildman–Crippen LogP) is 5.03. The lowest BCUT2D eigenvalue weighted by molar-refractivity contribution is 0.0697. The summed E-state index contributed by atoms with van der Waals surface area (Å²) in [6.45, 7) is 3.94. The topological polar surface area (TPSA) is 132 Å². The van der Waals surface area contributed by atoms with Gasteiger partial charge in [-0.25, -0.2) is 4.79 Å². The molecule has 0 saturated heterocycles. The third-order valence-electron chi connectivity index (χ3n) is 6.42. The molecule has 1 aromatic heterocycles. The van der Waals surface area contributed by atoms with Crippen LogP contribution in [0.5, 0.6) is 0 Å². The Hall–Kier alpha value is -4.39. The number of nitrogens with two attached hydrogens (primary N) is 1. The molecule has 0 fully saturated rings. The lowest BCUT2D eigenvalue weighted by atomic mass is 9.82. The number of aromatic nitrogens is 1. The van der Waals surface area contributed by atoms with Gasteiger partial charge in [-0.1, -0.05) is 42.8 Å². The van der Waals surface area contributed by atoms with Crippen LogP contribution in [0.2, 0.25) is 0 Å². The summed E-state index contributed by atoms with van der Waals surface area (Å²) in [6, 6.07) is 16.5. The van der Waals surface area contributed by atoms with Crippen LogP contribution in [-0.4, -0.2) is 34.9 Å². The molecular formula is C28H28N4O3. The monoisotopic (exact) mass is 468 g/mol. The second kappa shape index (κ2) is 9.46. The van der Waals surface area contributed by atoms with Crippen molar-refractivity contribution in [2.75, 3.05) is 7.05 Å². The minimum Gasteiger partial charge on any atom is -0.478 e. The Bertz CT molecular complexity index is 1470. The second-order valence-electron chi connectivity index (χ2n) is 8.61. The van der Waals surface area contributed by atoms with Crippen molar-refractivity contribution >= 4 is 28.6 Å². The molecule has 1 unspecified atom stereocenters. The number of benzene rings is 3. The lowest BCUT2D eigenvalue weighted by Gasteiger charge is -2.21. The SMILES string of the molecule is CCC(c1ccc(C(=O)NC)cc1-c1ccc(C)cc1C(=O)O)c1c[nH]c2cc(C(=N)N)ccc12. The van der Waals surface area contributed by atoms with Gasteiger partial charge in [0.15, 0.2) is 0 Å². The van der Waals surface area contributed by atoms with Crippen molar-refractivity contribution in [2.24, 2.45) is 5.73 Å². The van der Waals surface area contributed by atoms with E-state index >= 15 is 0 Å². The molecule has 0 bridgehead atoms. The van der Waals surface area contributed by atoms with Gasteiger partial charge in [0.2, 0.25) is 0 Å². The quantitative estimate of drug-likeness (QED) is 0.192. The molecule has 178 valence electrons. The van der Waals surface area contributed by atoms with Crippen molar-refractivity contribution < 1.29 is 14.7 Å². The van der Waals surface area contributed by atoms with Crippen molar-refractivity contribution in [3.63, 3.8) is 0 Å². The number of carboxylic acid groups (broad SMARTS) is 1. The first-order chi connectivity index (χ1) is 16.7. The zero-order valence-electron chi connectivity index (χ0n) is 19.9. The van der Waals surface area contributed by atoms with Gasteiger partial charge in [-0.3, -0.25) is 10.2 Å². The standard InChI is InChI=1S/C28H28N4O3/c1-4-18(24-14-32-25-13-16(26(29)30)6-10-21(24)25)19-9-7-17(27(33)31-3)12-22(19)20-8-5-15(2)11-23(20)28(34)35/h5-14,18,32H,4H2,1-3H3,(H3,29,30)(H,31,33)(H,34,35). The Balaban J connectivity index is 1.96. The van der Waals surface area contributed by atoms with Gasteiger partial charge in [0, 0.05) is 41.2 Å². The van der Waals surface area contributed by atoms with Crippen LogP contribution in [0.25, 0.3) is 22.0 Å². The van der Waals surface area contributed by atoms with Crippen molar-refractivity contribution in [1.82, 2.24) is 10.3 Å². The van der Waals surface area contributed by atoms with Crippen LogP contribution in [-0.2, 0) is 0 Å². The van der Waals surface area contributed by atoms with Crippen LogP contribution in [0, 0.1) is 12.3 Å². The fourth-order valence-electron chi connectivity index (χ4n) is 4.66. The van der Waals surface area contributed by atoms with E-state index < -0.39 is 5.97 Å². The Kier molecular flexibility index (Phi) is 6.42. The van der Waals surface area contributed by atoms with Gasteiger partial charge in [0.1, 0.15) is 5.84 Å². The number of hydrogen-bond donors (Lipinski definition) is 5. The van der Waals surface area contributed by atoms with Crippen molar-refractivity contribution in [2.45, 2.75) is 26.2 Å². The molecule has 1 atom stereocenters. The number of carboxylic acids is 1. The van der Waals surface area contributed by atoms with Gasteiger partial charge in [-0.15, -0.1) is 0 Å². The number of nitrogen functional groups attached to an aromatic ring is 1. The highest BCUT2D eigenvalue weighted by atomic mass is 16.4. The number of carbonyl (C=O) groups excluding carboxylic acids is 1. The van der Waals surface area contributed by atoms with Crippen LogP contribution >= 0.6 is 0 Å². The number of amidine groups is 1. The maximum Gasteiger partial charge on any atom is 0.336 e. The summed E-state index contributed by atoms with van der Waals surface area (Å²) in [6.07, 6.45) is 2.70. The molecule has 0 spiro atoms. The summed E-state index contributed by atoms with van der Waals surface area (Å²) in [7, 11) is 1.57. The molecule has 1 amide bonds. The first-order valence-corrected chi connectivity index (χ1v) is 11.4. The smallest absolute Gasteiger partial charge is 0.336 e. The number of aromatic amines is 1. The zero-order chi connectivity index (χ0) is 25.3. The molecule has 0 aliphatic carbocycles. The Morgan fingerprint density at radius 3 is 2.43 bits per heavy atom. The highest BCUT2D eigenvalue weighted by Crippen LogP contribution is 2.40. The molecule has 3 aromatic carbocycles. The average Bonchev–Trinajstić information content (AvgIpc) is 3.27. The minimum atomic E-state index is -1.02. The van der Waals surface area contributed by atoms with E-state index in [1.54, 1.807) is 25.2 Å². The van der Waals surface area contributed by atoms with Gasteiger partial charge in [-0.2, -0.15) is 0 Å². The highest BCUT2D eigenvalue weighted by Gasteiger charge is 2.24. The first-order valence-electron chi connectivity index (χ1n) is 11.4. The van der Waals surface area contributed by atoms with Gasteiger partial charge < -0.3 is 21.1 Å². The minimum absolute atomic E-state index is 0.00254. The van der Waals surface area contributed by atoms with Gasteiger partial charge in [0.25, 0.3) is 5.91 Å². The molecule has 0 radical (unpaired) electrons. The maximum absolute atomic E-state index is 12.5. The van der Waals surface area contributed by atoms with Crippen molar-refractivity contribution in [1.29, 1.82) is 5.41 Å². The summed E-state index contributed by atoms with van der Waals surface area (Å²) in [5.74, 6) is -1.32. The van der Waals surface area contributed by atoms with E-state index in [0.717, 1.165) is 34.0 Å². The number of aromatic carboxylic acids is 1. The molecule has 0 aliphatic rings. The van der Waals surface area contributed by atoms with E-state index in [4.69, 9.17) is 11.1 Å². The summed E-state index contributed by atoms with van der Waals surface area (Å²) in [4.78, 5) is 27.9. The predicted molar refractivity (Wildman–Crippen MR) is 138 cm³/mol. The largest absolute Gasteiger partial charge is 0.478 e. The number of H-pyrrole nitrogens is 1. The number of rotatable bonds is 7. The van der Waals surface area contributed by atoms with E-state index in [1.165, 1.54) is 0 Å². The molecule has 7 nitrogen and oxygen atoms in total. The number of nitrogens with one attached hydrogen (secondary N) is 3. The highest BCUT2D eigenvalue weighted by molar-refractivity contribution is 6.01. The van der Waals surface area contributed by atoms with E-state index in [-0.39, 0.29) is 23.2 Å². The number of fused-ring (bicyclic) bond motifs is 1. The van der Waals surface area contributed by atoms with E-state index in [1.807, 2.05) is 49.5 Å². The summed E-state index contributed by atoms with van der Waals surface area (Å²) in [5, 5.41) is 21.3. The Morgan fingerprint density at radius 2 is 1.77 bits per heavy atom. The number of hydrogen-bond acceptors (Lipinski definition) is 3. The summed E-state index contributed by atoms with van der Waals surface area (Å²) < 4.78 is 0. The van der Waals surface area contributed by atoms with Gasteiger partial charge >= 0.3 is 5.97 Å². The second-order valence-corrected chi connectivity index (χ2v) is 8.61. The summed E-state index contributed by atoms with van der Waals surface area (Å²) in [5.41, 5.74) is 11.9. The number of amides is 1. The molecule has 4 rings (SSSR count). The van der Waals surface area contributed by atoms with Crippen LogP contribution in [0.4, 0.5) is 0 Å². The van der Waals surface area contributed by atoms with Gasteiger partial charge in [0.05, 0.1) is 5.56 Å². The van der Waals surface area contributed by atoms with Crippen LogP contribution in [0.15, 0.2) is 60.8 Å². The third-order valence-corrected chi connectivity index (χ3v) is 6.42. The average molecular weight is 469 g/mol. The molecule has 4 aromatic rings.